The van der Waals surface area contributed by atoms with E-state index in [0.29, 0.717) is 12.6 Å². The Bertz CT molecular complexity index is 191. The van der Waals surface area contributed by atoms with Crippen LogP contribution in [-0.2, 0) is 9.53 Å². The summed E-state index contributed by atoms with van der Waals surface area (Å²) in [4.78, 5) is 10.8. The summed E-state index contributed by atoms with van der Waals surface area (Å²) < 4.78 is 5.60. The van der Waals surface area contributed by atoms with Crippen molar-refractivity contribution in [3.05, 3.63) is 0 Å². The molecule has 0 bridgehead atoms. The van der Waals surface area contributed by atoms with E-state index in [1.807, 2.05) is 6.92 Å². The first-order valence-corrected chi connectivity index (χ1v) is 5.82. The lowest BCUT2D eigenvalue weighted by Crippen LogP contribution is -2.33. The summed E-state index contributed by atoms with van der Waals surface area (Å²) in [6.45, 7) is 4.32. The molecule has 88 valence electrons. The standard InChI is InChI=1S/C11H22N2O2/c1-9(11(12)14)8-13-6-5-10-4-2-3-7-15-10/h9-10,13H,2-8H2,1H3,(H2,12,14). The number of carbonyl (C=O) groups is 1. The van der Waals surface area contributed by atoms with Crippen molar-refractivity contribution in [2.45, 2.75) is 38.7 Å². The summed E-state index contributed by atoms with van der Waals surface area (Å²) in [5, 5.41) is 3.23. The molecule has 1 aliphatic rings. The Morgan fingerprint density at radius 3 is 3.00 bits per heavy atom. The molecule has 0 spiro atoms. The largest absolute Gasteiger partial charge is 0.378 e. The Kier molecular flexibility index (Phi) is 5.65. The van der Waals surface area contributed by atoms with Gasteiger partial charge in [0.1, 0.15) is 0 Å². The molecule has 1 amide bonds. The van der Waals surface area contributed by atoms with Crippen molar-refractivity contribution in [2.24, 2.45) is 11.7 Å². The SMILES string of the molecule is CC(CNCCC1CCCCO1)C(N)=O. The van der Waals surface area contributed by atoms with Gasteiger partial charge in [0, 0.05) is 19.1 Å². The maximum absolute atomic E-state index is 10.8. The number of nitrogens with two attached hydrogens (primary N) is 1. The van der Waals surface area contributed by atoms with Crippen molar-refractivity contribution >= 4 is 5.91 Å². The van der Waals surface area contributed by atoms with Crippen molar-refractivity contribution in [3.63, 3.8) is 0 Å². The van der Waals surface area contributed by atoms with Crippen LogP contribution in [0, 0.1) is 5.92 Å². The number of amides is 1. The first-order valence-electron chi connectivity index (χ1n) is 5.82. The van der Waals surface area contributed by atoms with Gasteiger partial charge in [0.05, 0.1) is 6.10 Å². The molecular weight excluding hydrogens is 192 g/mol. The number of hydrogen-bond acceptors (Lipinski definition) is 3. The average Bonchev–Trinajstić information content (AvgIpc) is 2.25. The Labute approximate surface area is 91.5 Å². The van der Waals surface area contributed by atoms with Gasteiger partial charge in [-0.1, -0.05) is 6.92 Å². The van der Waals surface area contributed by atoms with Crippen LogP contribution in [0.1, 0.15) is 32.6 Å². The highest BCUT2D eigenvalue weighted by Crippen LogP contribution is 2.14. The van der Waals surface area contributed by atoms with E-state index in [1.165, 1.54) is 19.3 Å². The van der Waals surface area contributed by atoms with E-state index < -0.39 is 0 Å². The predicted molar refractivity (Wildman–Crippen MR) is 59.4 cm³/mol. The molecule has 0 radical (unpaired) electrons. The number of hydrogen-bond donors (Lipinski definition) is 2. The van der Waals surface area contributed by atoms with E-state index in [2.05, 4.69) is 5.32 Å². The molecule has 1 saturated heterocycles. The summed E-state index contributed by atoms with van der Waals surface area (Å²) >= 11 is 0. The highest BCUT2D eigenvalue weighted by atomic mass is 16.5. The van der Waals surface area contributed by atoms with Crippen LogP contribution in [0.5, 0.6) is 0 Å². The lowest BCUT2D eigenvalue weighted by Gasteiger charge is -2.22. The molecule has 0 aromatic heterocycles. The monoisotopic (exact) mass is 214 g/mol. The molecule has 15 heavy (non-hydrogen) atoms. The molecular formula is C11H22N2O2. The van der Waals surface area contributed by atoms with Crippen molar-refractivity contribution in [1.82, 2.24) is 5.32 Å². The van der Waals surface area contributed by atoms with Gasteiger partial charge < -0.3 is 15.8 Å². The zero-order valence-electron chi connectivity index (χ0n) is 9.50. The molecule has 2 unspecified atom stereocenters. The van der Waals surface area contributed by atoms with Crippen LogP contribution < -0.4 is 11.1 Å². The molecule has 4 heteroatoms. The van der Waals surface area contributed by atoms with Crippen LogP contribution in [0.15, 0.2) is 0 Å². The van der Waals surface area contributed by atoms with Crippen LogP contribution in [0.2, 0.25) is 0 Å². The van der Waals surface area contributed by atoms with Gasteiger partial charge in [-0.2, -0.15) is 0 Å². The number of primary amides is 1. The number of rotatable bonds is 6. The molecule has 1 aliphatic heterocycles. The molecule has 0 aliphatic carbocycles. The van der Waals surface area contributed by atoms with Crippen molar-refractivity contribution < 1.29 is 9.53 Å². The first kappa shape index (κ1) is 12.5. The zero-order valence-corrected chi connectivity index (χ0v) is 9.50. The van der Waals surface area contributed by atoms with Gasteiger partial charge in [-0.15, -0.1) is 0 Å². The van der Waals surface area contributed by atoms with Crippen LogP contribution >= 0.6 is 0 Å². The number of nitrogens with one attached hydrogen (secondary N) is 1. The molecule has 1 rings (SSSR count). The Morgan fingerprint density at radius 2 is 2.40 bits per heavy atom. The van der Waals surface area contributed by atoms with Crippen molar-refractivity contribution in [3.8, 4) is 0 Å². The summed E-state index contributed by atoms with van der Waals surface area (Å²) in [5.74, 6) is -0.325. The second kappa shape index (κ2) is 6.80. The van der Waals surface area contributed by atoms with Gasteiger partial charge in [-0.05, 0) is 32.2 Å². The summed E-state index contributed by atoms with van der Waals surface area (Å²) in [6, 6.07) is 0. The third kappa shape index (κ3) is 5.14. The van der Waals surface area contributed by atoms with E-state index in [4.69, 9.17) is 10.5 Å². The van der Waals surface area contributed by atoms with Gasteiger partial charge in [0.15, 0.2) is 0 Å². The van der Waals surface area contributed by atoms with Crippen LogP contribution in [-0.4, -0.2) is 31.7 Å². The third-order valence-corrected chi connectivity index (χ3v) is 2.85. The van der Waals surface area contributed by atoms with Crippen molar-refractivity contribution in [1.29, 1.82) is 0 Å². The van der Waals surface area contributed by atoms with Crippen LogP contribution in [0.25, 0.3) is 0 Å². The van der Waals surface area contributed by atoms with Gasteiger partial charge in [0.25, 0.3) is 0 Å². The minimum absolute atomic E-state index is 0.0859. The van der Waals surface area contributed by atoms with Crippen LogP contribution in [0.3, 0.4) is 0 Å². The summed E-state index contributed by atoms with van der Waals surface area (Å²) in [6.07, 6.45) is 5.10. The van der Waals surface area contributed by atoms with E-state index in [-0.39, 0.29) is 11.8 Å². The minimum Gasteiger partial charge on any atom is -0.378 e. The fourth-order valence-corrected chi connectivity index (χ4v) is 1.72. The second-order valence-corrected chi connectivity index (χ2v) is 4.28. The van der Waals surface area contributed by atoms with E-state index in [9.17, 15) is 4.79 Å². The zero-order chi connectivity index (χ0) is 11.1. The molecule has 2 atom stereocenters. The molecule has 0 saturated carbocycles. The maximum atomic E-state index is 10.8. The van der Waals surface area contributed by atoms with E-state index in [1.54, 1.807) is 0 Å². The van der Waals surface area contributed by atoms with Gasteiger partial charge >= 0.3 is 0 Å². The Balaban J connectivity index is 1.98. The minimum atomic E-state index is -0.239. The third-order valence-electron chi connectivity index (χ3n) is 2.85. The fourth-order valence-electron chi connectivity index (χ4n) is 1.72. The smallest absolute Gasteiger partial charge is 0.221 e. The second-order valence-electron chi connectivity index (χ2n) is 4.28. The average molecular weight is 214 g/mol. The summed E-state index contributed by atoms with van der Waals surface area (Å²) in [5.41, 5.74) is 5.16. The summed E-state index contributed by atoms with van der Waals surface area (Å²) in [7, 11) is 0. The normalized spacial score (nSPS) is 23.7. The van der Waals surface area contributed by atoms with Crippen LogP contribution in [0.4, 0.5) is 0 Å². The Hall–Kier alpha value is -0.610. The lowest BCUT2D eigenvalue weighted by atomic mass is 10.1. The van der Waals surface area contributed by atoms with E-state index >= 15 is 0 Å². The number of carbonyl (C=O) groups excluding carboxylic acids is 1. The van der Waals surface area contributed by atoms with Gasteiger partial charge in [0.2, 0.25) is 5.91 Å². The Morgan fingerprint density at radius 1 is 1.60 bits per heavy atom. The molecule has 0 aromatic rings. The van der Waals surface area contributed by atoms with E-state index in [0.717, 1.165) is 19.6 Å². The quantitative estimate of drug-likeness (QED) is 0.638. The topological polar surface area (TPSA) is 64.3 Å². The fraction of sp³-hybridized carbons (Fsp3) is 0.909. The first-order chi connectivity index (χ1) is 7.20. The molecule has 4 nitrogen and oxygen atoms in total. The van der Waals surface area contributed by atoms with Crippen molar-refractivity contribution in [2.75, 3.05) is 19.7 Å². The molecule has 0 aromatic carbocycles. The molecule has 1 fully saturated rings. The highest BCUT2D eigenvalue weighted by molar-refractivity contribution is 5.76. The maximum Gasteiger partial charge on any atom is 0.221 e. The highest BCUT2D eigenvalue weighted by Gasteiger charge is 2.13. The number of ether oxygens (including phenoxy) is 1. The molecule has 3 N–H and O–H groups in total. The predicted octanol–water partition coefficient (Wildman–Crippen LogP) is 0.657. The van der Waals surface area contributed by atoms with Gasteiger partial charge in [-0.25, -0.2) is 0 Å². The lowest BCUT2D eigenvalue weighted by molar-refractivity contribution is -0.121. The molecule has 1 heterocycles. The van der Waals surface area contributed by atoms with Gasteiger partial charge in [-0.3, -0.25) is 4.79 Å².